The van der Waals surface area contributed by atoms with Crippen LogP contribution in [0.3, 0.4) is 0 Å². The number of H-pyrrole nitrogens is 1. The van der Waals surface area contributed by atoms with Crippen molar-refractivity contribution in [1.29, 1.82) is 0 Å². The number of para-hydroxylation sites is 1. The van der Waals surface area contributed by atoms with Gasteiger partial charge in [-0.15, -0.1) is 5.10 Å². The van der Waals surface area contributed by atoms with Gasteiger partial charge in [0.15, 0.2) is 11.6 Å². The maximum atomic E-state index is 14.8. The molecule has 716 valence electrons. The average molecular weight is 1810 g/mol. The lowest BCUT2D eigenvalue weighted by molar-refractivity contribution is -0.265. The van der Waals surface area contributed by atoms with Crippen LogP contribution in [-0.4, -0.2) is 291 Å². The molecule has 4 fully saturated rings. The number of hydrogen-bond donors (Lipinski definition) is 5. The van der Waals surface area contributed by atoms with Crippen molar-refractivity contribution in [3.8, 4) is 11.4 Å². The van der Waals surface area contributed by atoms with E-state index in [4.69, 9.17) is 77.0 Å². The summed E-state index contributed by atoms with van der Waals surface area (Å²) in [5, 5.41) is 41.2. The van der Waals surface area contributed by atoms with Crippen molar-refractivity contribution in [2.24, 2.45) is 41.4 Å². The number of anilines is 1. The summed E-state index contributed by atoms with van der Waals surface area (Å²) in [5.41, 5.74) is 13.0. The Kier molecular flexibility index (Phi) is 42.9. The summed E-state index contributed by atoms with van der Waals surface area (Å²) in [6, 6.07) is 7.11. The van der Waals surface area contributed by atoms with Crippen LogP contribution in [0.5, 0.6) is 0 Å². The highest BCUT2D eigenvalue weighted by Gasteiger charge is 2.53. The number of aryl methyl sites for hydroxylation is 2. The van der Waals surface area contributed by atoms with E-state index in [1.165, 1.54) is 18.3 Å². The summed E-state index contributed by atoms with van der Waals surface area (Å²) in [5.74, 6) is -6.86. The number of unbranched alkanes of at least 4 members (excludes halogenated alkanes) is 1. The number of aliphatic hydroxyl groups excluding tert-OH is 1. The number of carbonyl (C=O) groups excluding carboxylic acids is 6. The van der Waals surface area contributed by atoms with Gasteiger partial charge < -0.3 is 97.5 Å². The minimum Gasteiger partial charge on any atom is -0.460 e. The minimum atomic E-state index is -2.46. The third-order valence-electron chi connectivity index (χ3n) is 25.9. The zero-order valence-corrected chi connectivity index (χ0v) is 78.0. The quantitative estimate of drug-likeness (QED) is 0.0105. The second-order valence-electron chi connectivity index (χ2n) is 35.5. The van der Waals surface area contributed by atoms with Crippen LogP contribution < -0.4 is 11.1 Å². The van der Waals surface area contributed by atoms with Crippen LogP contribution in [0.1, 0.15) is 187 Å². The summed E-state index contributed by atoms with van der Waals surface area (Å²) >= 11 is 0. The molecule has 33 nitrogen and oxygen atoms in total. The summed E-state index contributed by atoms with van der Waals surface area (Å²) in [6.07, 6.45) is 20.7. The number of imidazole rings is 1. The number of piperidine rings is 1. The van der Waals surface area contributed by atoms with Crippen molar-refractivity contribution in [3.63, 3.8) is 0 Å². The van der Waals surface area contributed by atoms with E-state index in [-0.39, 0.29) is 78.7 Å². The molecule has 10 rings (SSSR count). The number of nitrogen functional groups attached to an aromatic ring is 1. The Morgan fingerprint density at radius 2 is 1.40 bits per heavy atom. The number of benzene rings is 1. The van der Waals surface area contributed by atoms with E-state index in [1.807, 2.05) is 74.9 Å². The largest absolute Gasteiger partial charge is 0.460 e. The number of ketones is 3. The van der Waals surface area contributed by atoms with Gasteiger partial charge in [0.05, 0.1) is 148 Å². The first kappa shape index (κ1) is 103. The van der Waals surface area contributed by atoms with Gasteiger partial charge in [-0.1, -0.05) is 94.5 Å². The van der Waals surface area contributed by atoms with Gasteiger partial charge in [0.25, 0.3) is 11.7 Å². The number of allylic oxidation sites excluding steroid dienone is 6. The molecule has 2 saturated carbocycles. The minimum absolute atomic E-state index is 0.00412. The first-order valence-corrected chi connectivity index (χ1v) is 46.9. The highest BCUT2D eigenvalue weighted by atomic mass is 16.6. The van der Waals surface area contributed by atoms with Crippen molar-refractivity contribution in [1.82, 2.24) is 49.8 Å². The Balaban J connectivity index is 0.541. The molecule has 6 N–H and O–H groups in total. The molecule has 0 spiro atoms. The van der Waals surface area contributed by atoms with Crippen molar-refractivity contribution in [2.45, 2.75) is 244 Å². The van der Waals surface area contributed by atoms with Gasteiger partial charge in [-0.3, -0.25) is 24.0 Å². The van der Waals surface area contributed by atoms with Gasteiger partial charge in [-0.05, 0) is 170 Å². The number of fused-ring (bicyclic) bond motifs is 5. The van der Waals surface area contributed by atoms with E-state index in [0.717, 1.165) is 103 Å². The van der Waals surface area contributed by atoms with Crippen LogP contribution in [-0.2, 0) is 108 Å². The van der Waals surface area contributed by atoms with Crippen molar-refractivity contribution in [3.05, 3.63) is 101 Å². The second kappa shape index (κ2) is 53.7. The highest BCUT2D eigenvalue weighted by molar-refractivity contribution is 6.39. The molecule has 5 aromatic rings. The monoisotopic (exact) mass is 1800 g/mol. The fraction of sp³-hybridized carbons (Fsp3) is 0.698. The number of ether oxygens (including phenoxy) is 14. The molecular weight excluding hydrogens is 1660 g/mol. The van der Waals surface area contributed by atoms with Crippen LogP contribution in [0.25, 0.3) is 27.8 Å². The summed E-state index contributed by atoms with van der Waals surface area (Å²) < 4.78 is 85.7. The first-order chi connectivity index (χ1) is 62.4. The third-order valence-corrected chi connectivity index (χ3v) is 25.9. The molecule has 5 aliphatic rings. The predicted octanol–water partition coefficient (Wildman–Crippen LogP) is 10.5. The number of nitrogens with two attached hydrogens (primary N) is 1. The predicted molar refractivity (Wildman–Crippen MR) is 483 cm³/mol. The van der Waals surface area contributed by atoms with Gasteiger partial charge >= 0.3 is 5.97 Å². The number of nitrogens with zero attached hydrogens (tertiary/aromatic N) is 8. The zero-order valence-electron chi connectivity index (χ0n) is 78.0. The number of nitrogens with one attached hydrogen (secondary N) is 2. The van der Waals surface area contributed by atoms with Crippen LogP contribution in [0, 0.1) is 48.3 Å². The molecule has 15 atom stereocenters. The average Bonchev–Trinajstić information content (AvgIpc) is 1.72. The SMILES string of the molecule is CO[C@H]1C[C@@H]2CC[C@@H](C)[C@@](O)(O2)C(=O)C(=O)N2CCCC[C@H]2C(=O)O[C@H]([C@H](C)C[C@@H]2CC[C@@H](OCCCCc3cn(CCOCCOCCOCCOCCOCCOCCOCCOCCNC(=O)C4CCC(c5nc(-c6cc7cccc(C)c7[nH]6)c6c(N)ncnn56)CC4)nn3)[C@H](OC)C2)CC(=O)[C@H](C)/C=C(\C)[C@@H](O)[C@@H](OC)C(=O)[C@H](C)C[C@H](C)/C=C/C=C/C=C/1C. The van der Waals surface area contributed by atoms with Crippen LogP contribution in [0.15, 0.2) is 84.4 Å². The molecule has 4 aromatic heterocycles. The normalized spacial score (nSPS) is 28.2. The number of aromatic amines is 1. The Morgan fingerprint density at radius 1 is 0.729 bits per heavy atom. The van der Waals surface area contributed by atoms with Crippen LogP contribution in [0.4, 0.5) is 5.82 Å². The topological polar surface area (TPSA) is 403 Å². The van der Waals surface area contributed by atoms with Crippen LogP contribution >= 0.6 is 0 Å². The van der Waals surface area contributed by atoms with E-state index in [0.29, 0.717) is 194 Å². The van der Waals surface area contributed by atoms with Gasteiger partial charge in [-0.2, -0.15) is 5.10 Å². The Morgan fingerprint density at radius 3 is 2.06 bits per heavy atom. The molecule has 2 amide bonds. The van der Waals surface area contributed by atoms with E-state index in [9.17, 15) is 39.0 Å². The number of hydrogen-bond acceptors (Lipinski definition) is 28. The Hall–Kier alpha value is -7.97. The molecule has 2 bridgehead atoms. The van der Waals surface area contributed by atoms with Crippen LogP contribution in [0.2, 0.25) is 0 Å². The number of amides is 2. The number of cyclic esters (lactones) is 1. The molecule has 33 heteroatoms. The summed E-state index contributed by atoms with van der Waals surface area (Å²) in [7, 11) is 4.65. The maximum absolute atomic E-state index is 14.8. The van der Waals surface area contributed by atoms with E-state index in [2.05, 4.69) is 55.8 Å². The van der Waals surface area contributed by atoms with Gasteiger partial charge in [-0.25, -0.2) is 24.0 Å². The third kappa shape index (κ3) is 30.8. The number of esters is 1. The molecule has 129 heavy (non-hydrogen) atoms. The molecule has 7 heterocycles. The number of rotatable bonds is 42. The number of Topliss-reactive ketones (excluding diaryl/α,β-unsaturated/α-hetero) is 3. The number of aromatic nitrogens is 8. The van der Waals surface area contributed by atoms with Gasteiger partial charge in [0, 0.05) is 101 Å². The fourth-order valence-electron chi connectivity index (χ4n) is 18.2. The van der Waals surface area contributed by atoms with E-state index in [1.54, 1.807) is 45.7 Å². The zero-order chi connectivity index (χ0) is 92.2. The molecule has 1 aromatic carbocycles. The number of aliphatic hydroxyl groups is 2. The lowest BCUT2D eigenvalue weighted by atomic mass is 9.78. The number of carbonyl (C=O) groups is 6. The molecule has 0 unspecified atom stereocenters. The van der Waals surface area contributed by atoms with Crippen molar-refractivity contribution < 1.29 is 105 Å². The summed E-state index contributed by atoms with van der Waals surface area (Å²) in [4.78, 5) is 99.5. The first-order valence-electron chi connectivity index (χ1n) is 46.9. The lowest BCUT2D eigenvalue weighted by Crippen LogP contribution is -2.61. The standard InChI is InChI=1S/C96H145N11O22/c1-63-20-13-12-14-21-64(2)81(116-9)59-76-32-26-70(8)96(115,129-76)90(111)94(113)106-35-17-15-25-78(106)95(114)128-82(60-79(108)66(4)55-69(7)88(110)89(118-11)87(109)68(6)54-63)67(5)56-71-27-33-80(83(57-71)117-10)127-37-18-16-24-75-61-105(104-103-75)36-39-120-41-43-122-45-47-124-49-51-126-53-52-125-50-48-123-46-44-121-42-40-119-38-34-98-93(112)73-30-28-72(29-31-73)92-102-85(86-91(97)99-62-100-107(86)92)77-58-74-23-19-22-65(3)84(74)101-77/h12-14,19-23,55,58,61-63,66-68,70-73,76,78,80-83,88-89,101,110,115H,15-18,24-54,56-57,59-60H2,1-11H3,(H,98,112)(H2,97,99,100)/b14-12+,20-13+,64-21+,69-55+/t63-,66-,67-,68-,70-,71+,72?,73?,76+,78+,80-,81+,82+,83-,88-,89+,96-/m1/s1. The van der Waals surface area contributed by atoms with Crippen molar-refractivity contribution >= 4 is 57.4 Å². The Bertz CT molecular complexity index is 4420. The number of methoxy groups -OCH3 is 3. The molecule has 2 saturated heterocycles. The summed E-state index contributed by atoms with van der Waals surface area (Å²) in [6.45, 7) is 23.3. The highest BCUT2D eigenvalue weighted by Crippen LogP contribution is 2.42. The molecule has 3 aliphatic heterocycles. The van der Waals surface area contributed by atoms with E-state index < -0.39 is 77.8 Å². The molecule has 0 radical (unpaired) electrons. The smallest absolute Gasteiger partial charge is 0.329 e. The van der Waals surface area contributed by atoms with Gasteiger partial charge in [0.2, 0.25) is 11.7 Å². The van der Waals surface area contributed by atoms with E-state index >= 15 is 0 Å². The van der Waals surface area contributed by atoms with Gasteiger partial charge in [0.1, 0.15) is 53.5 Å². The molecular formula is C96H145N11O22. The maximum Gasteiger partial charge on any atom is 0.329 e. The molecule has 2 aliphatic carbocycles. The van der Waals surface area contributed by atoms with Crippen molar-refractivity contribution in [2.75, 3.05) is 152 Å². The lowest BCUT2D eigenvalue weighted by Gasteiger charge is -2.42. The Labute approximate surface area is 760 Å². The second-order valence-corrected chi connectivity index (χ2v) is 35.5. The fourth-order valence-corrected chi connectivity index (χ4v) is 18.2.